The van der Waals surface area contributed by atoms with E-state index in [0.717, 1.165) is 6.33 Å². The van der Waals surface area contributed by atoms with E-state index < -0.39 is 22.9 Å². The van der Waals surface area contributed by atoms with E-state index in [1.807, 2.05) is 0 Å². The number of nitrogens with zero attached hydrogens (tertiary/aromatic N) is 2. The Hall–Kier alpha value is -0.650. The minimum Gasteiger partial charge on any atom is -0.254 e. The lowest BCUT2D eigenvalue weighted by Gasteiger charge is -2.11. The summed E-state index contributed by atoms with van der Waals surface area (Å²) in [6.45, 7) is -1.70. The number of rotatable bonds is 4. The van der Waals surface area contributed by atoms with Gasteiger partial charge in [0.05, 0.1) is 4.47 Å². The fraction of sp³-hybridized carbons (Fsp3) is 0.333. The molecule has 0 amide bonds. The van der Waals surface area contributed by atoms with Crippen LogP contribution in [-0.2, 0) is 10.2 Å². The summed E-state index contributed by atoms with van der Waals surface area (Å²) in [7, 11) is -4.41. The SMILES string of the molecule is O=S(=O)(NCC(F)(F)F)Nc1ncnc(Cl)c1Br. The molecule has 102 valence electrons. The average molecular weight is 370 g/mol. The Balaban J connectivity index is 2.80. The normalized spacial score (nSPS) is 12.5. The Morgan fingerprint density at radius 1 is 1.39 bits per heavy atom. The molecule has 1 aromatic heterocycles. The average Bonchev–Trinajstić information content (AvgIpc) is 2.21. The monoisotopic (exact) mass is 368 g/mol. The van der Waals surface area contributed by atoms with E-state index in [0.29, 0.717) is 0 Å². The van der Waals surface area contributed by atoms with E-state index in [-0.39, 0.29) is 15.4 Å². The number of nitrogens with one attached hydrogen (secondary N) is 2. The van der Waals surface area contributed by atoms with Crippen LogP contribution < -0.4 is 9.44 Å². The number of alkyl halides is 3. The largest absolute Gasteiger partial charge is 0.402 e. The molecule has 0 radical (unpaired) electrons. The summed E-state index contributed by atoms with van der Waals surface area (Å²) in [4.78, 5) is 7.04. The maximum Gasteiger partial charge on any atom is 0.402 e. The Morgan fingerprint density at radius 3 is 2.56 bits per heavy atom. The third-order valence-corrected chi connectivity index (χ3v) is 3.69. The molecule has 1 rings (SSSR count). The smallest absolute Gasteiger partial charge is 0.254 e. The third-order valence-electron chi connectivity index (χ3n) is 1.44. The lowest BCUT2D eigenvalue weighted by atomic mass is 10.6. The molecule has 18 heavy (non-hydrogen) atoms. The van der Waals surface area contributed by atoms with Crippen LogP contribution in [0, 0.1) is 0 Å². The zero-order valence-electron chi connectivity index (χ0n) is 8.29. The van der Waals surface area contributed by atoms with Crippen molar-refractivity contribution in [2.24, 2.45) is 0 Å². The fourth-order valence-electron chi connectivity index (χ4n) is 0.760. The highest BCUT2D eigenvalue weighted by Gasteiger charge is 2.29. The molecular weight excluding hydrogens is 365 g/mol. The van der Waals surface area contributed by atoms with Crippen LogP contribution in [0.2, 0.25) is 5.15 Å². The summed E-state index contributed by atoms with van der Waals surface area (Å²) in [5.74, 6) is -0.273. The lowest BCUT2D eigenvalue weighted by molar-refractivity contribution is -0.121. The maximum atomic E-state index is 11.9. The third kappa shape index (κ3) is 4.92. The maximum absolute atomic E-state index is 11.9. The van der Waals surface area contributed by atoms with E-state index in [9.17, 15) is 21.6 Å². The summed E-state index contributed by atoms with van der Waals surface area (Å²) < 4.78 is 61.2. The molecule has 2 N–H and O–H groups in total. The summed E-state index contributed by atoms with van der Waals surface area (Å²) in [5.41, 5.74) is 0. The van der Waals surface area contributed by atoms with Crippen LogP contribution >= 0.6 is 27.5 Å². The van der Waals surface area contributed by atoms with Gasteiger partial charge in [-0.25, -0.2) is 9.97 Å². The molecule has 0 bridgehead atoms. The van der Waals surface area contributed by atoms with Crippen molar-refractivity contribution < 1.29 is 21.6 Å². The van der Waals surface area contributed by atoms with Gasteiger partial charge < -0.3 is 0 Å². The lowest BCUT2D eigenvalue weighted by Crippen LogP contribution is -2.37. The summed E-state index contributed by atoms with van der Waals surface area (Å²) in [6.07, 6.45) is -3.70. The van der Waals surface area contributed by atoms with Crippen LogP contribution in [0.15, 0.2) is 10.8 Å². The van der Waals surface area contributed by atoms with E-state index in [1.54, 1.807) is 4.72 Å². The Bertz CT molecular complexity index is 538. The van der Waals surface area contributed by atoms with Gasteiger partial charge in [-0.05, 0) is 15.9 Å². The van der Waals surface area contributed by atoms with E-state index in [1.165, 1.54) is 4.72 Å². The second-order valence-electron chi connectivity index (χ2n) is 2.87. The highest BCUT2D eigenvalue weighted by molar-refractivity contribution is 9.10. The number of hydrogen-bond acceptors (Lipinski definition) is 4. The van der Waals surface area contributed by atoms with Crippen LogP contribution in [0.25, 0.3) is 0 Å². The molecule has 0 aliphatic heterocycles. The first-order valence-electron chi connectivity index (χ1n) is 4.11. The molecular formula is C6H5BrClF3N4O2S. The van der Waals surface area contributed by atoms with Gasteiger partial charge in [-0.1, -0.05) is 11.6 Å². The van der Waals surface area contributed by atoms with Crippen molar-refractivity contribution in [1.82, 2.24) is 14.7 Å². The molecule has 0 fully saturated rings. The summed E-state index contributed by atoms with van der Waals surface area (Å²) in [6, 6.07) is 0. The van der Waals surface area contributed by atoms with Gasteiger partial charge in [-0.15, -0.1) is 0 Å². The zero-order chi connectivity index (χ0) is 14.0. The van der Waals surface area contributed by atoms with Crippen LogP contribution in [0.5, 0.6) is 0 Å². The molecule has 0 aliphatic carbocycles. The predicted molar refractivity (Wildman–Crippen MR) is 61.3 cm³/mol. The van der Waals surface area contributed by atoms with Crippen LogP contribution in [0.3, 0.4) is 0 Å². The van der Waals surface area contributed by atoms with Crippen molar-refractivity contribution in [3.8, 4) is 0 Å². The molecule has 6 nitrogen and oxygen atoms in total. The fourth-order valence-corrected chi connectivity index (χ4v) is 2.16. The molecule has 1 heterocycles. The van der Waals surface area contributed by atoms with Crippen molar-refractivity contribution >= 4 is 43.6 Å². The van der Waals surface area contributed by atoms with Gasteiger partial charge in [0, 0.05) is 0 Å². The number of aromatic nitrogens is 2. The second-order valence-corrected chi connectivity index (χ2v) is 5.52. The molecule has 0 spiro atoms. The van der Waals surface area contributed by atoms with E-state index in [2.05, 4.69) is 25.9 Å². The number of anilines is 1. The van der Waals surface area contributed by atoms with Crippen molar-refractivity contribution in [2.45, 2.75) is 6.18 Å². The highest BCUT2D eigenvalue weighted by atomic mass is 79.9. The van der Waals surface area contributed by atoms with Crippen LogP contribution in [0.4, 0.5) is 19.0 Å². The van der Waals surface area contributed by atoms with Gasteiger partial charge in [0.25, 0.3) is 0 Å². The predicted octanol–water partition coefficient (Wildman–Crippen LogP) is 1.70. The summed E-state index contributed by atoms with van der Waals surface area (Å²) >= 11 is 8.45. The molecule has 0 saturated heterocycles. The van der Waals surface area contributed by atoms with Gasteiger partial charge in [-0.2, -0.15) is 26.3 Å². The van der Waals surface area contributed by atoms with Crippen molar-refractivity contribution in [3.63, 3.8) is 0 Å². The Kier molecular flexibility index (Phi) is 4.75. The molecule has 0 atom stereocenters. The molecule has 0 unspecified atom stereocenters. The minimum absolute atomic E-state index is 0.0176. The van der Waals surface area contributed by atoms with Crippen LogP contribution in [-0.4, -0.2) is 31.1 Å². The minimum atomic E-state index is -4.66. The first-order valence-corrected chi connectivity index (χ1v) is 6.76. The number of halogens is 5. The Morgan fingerprint density at radius 2 is 2.00 bits per heavy atom. The van der Waals surface area contributed by atoms with E-state index >= 15 is 0 Å². The van der Waals surface area contributed by atoms with Gasteiger partial charge in [0.1, 0.15) is 18.0 Å². The summed E-state index contributed by atoms with van der Waals surface area (Å²) in [5, 5.41) is -0.0847. The number of hydrogen-bond donors (Lipinski definition) is 2. The van der Waals surface area contributed by atoms with Crippen molar-refractivity contribution in [1.29, 1.82) is 0 Å². The molecule has 1 aromatic rings. The topological polar surface area (TPSA) is 84.0 Å². The molecule has 0 aromatic carbocycles. The Labute approximate surface area is 113 Å². The van der Waals surface area contributed by atoms with E-state index in [4.69, 9.17) is 11.6 Å². The van der Waals surface area contributed by atoms with Crippen molar-refractivity contribution in [2.75, 3.05) is 11.3 Å². The molecule has 0 saturated carbocycles. The zero-order valence-corrected chi connectivity index (χ0v) is 11.5. The standard InChI is InChI=1S/C6H5BrClF3N4O2S/c7-3-4(8)12-2-13-5(3)15-18(16,17)14-1-6(9,10)11/h2,14H,1H2,(H,12,13,15). The van der Waals surface area contributed by atoms with Crippen molar-refractivity contribution in [3.05, 3.63) is 16.0 Å². The first-order chi connectivity index (χ1) is 8.11. The molecule has 0 aliphatic rings. The van der Waals surface area contributed by atoms with Crippen LogP contribution in [0.1, 0.15) is 0 Å². The molecule has 12 heteroatoms. The quantitative estimate of drug-likeness (QED) is 0.791. The second kappa shape index (κ2) is 5.55. The highest BCUT2D eigenvalue weighted by Crippen LogP contribution is 2.26. The van der Waals surface area contributed by atoms with Gasteiger partial charge in [-0.3, -0.25) is 4.72 Å². The van der Waals surface area contributed by atoms with Gasteiger partial charge in [0.15, 0.2) is 5.82 Å². The van der Waals surface area contributed by atoms with Gasteiger partial charge in [0.2, 0.25) is 0 Å². The first kappa shape index (κ1) is 15.4. The van der Waals surface area contributed by atoms with Gasteiger partial charge >= 0.3 is 16.4 Å².